The molecule has 7 heteroatoms. The first-order valence-corrected chi connectivity index (χ1v) is 8.11. The van der Waals surface area contributed by atoms with Crippen LogP contribution in [-0.4, -0.2) is 29.1 Å². The molecule has 1 amide bonds. The number of carboxylic acid groups (broad SMARTS) is 1. The van der Waals surface area contributed by atoms with Crippen LogP contribution in [-0.2, 0) is 16.0 Å². The molecule has 6 nitrogen and oxygen atoms in total. The summed E-state index contributed by atoms with van der Waals surface area (Å²) in [5.41, 5.74) is 1.59. The number of carbonyl (C=O) groups is 2. The number of aromatic nitrogens is 1. The van der Waals surface area contributed by atoms with E-state index in [0.29, 0.717) is 11.6 Å². The number of carbonyl (C=O) groups excluding carboxylic acids is 1. The zero-order chi connectivity index (χ0) is 17.5. The van der Waals surface area contributed by atoms with Crippen molar-refractivity contribution >= 4 is 34.4 Å². The first-order valence-electron chi connectivity index (χ1n) is 7.29. The molecule has 0 fully saturated rings. The number of nitrogens with one attached hydrogen (secondary N) is 1. The van der Waals surface area contributed by atoms with Gasteiger partial charge in [-0.15, -0.1) is 11.3 Å². The number of hydrogen-bond donors (Lipinski definition) is 2. The highest BCUT2D eigenvalue weighted by molar-refractivity contribution is 7.15. The molecule has 0 aliphatic rings. The van der Waals surface area contributed by atoms with Crippen molar-refractivity contribution < 1.29 is 19.4 Å². The van der Waals surface area contributed by atoms with Gasteiger partial charge in [0, 0.05) is 11.0 Å². The third-order valence-electron chi connectivity index (χ3n) is 3.21. The van der Waals surface area contributed by atoms with Gasteiger partial charge in [0.15, 0.2) is 5.13 Å². The Bertz CT molecular complexity index is 768. The number of amides is 1. The molecule has 2 rings (SSSR count). The molecule has 0 aliphatic carbocycles. The lowest BCUT2D eigenvalue weighted by atomic mass is 10.2. The Hall–Kier alpha value is -2.67. The number of anilines is 1. The van der Waals surface area contributed by atoms with Crippen LogP contribution in [0, 0.1) is 6.92 Å². The van der Waals surface area contributed by atoms with Crippen LogP contribution in [0.1, 0.15) is 22.6 Å². The second-order valence-corrected chi connectivity index (χ2v) is 6.10. The predicted octanol–water partition coefficient (Wildman–Crippen LogP) is 3.13. The summed E-state index contributed by atoms with van der Waals surface area (Å²) in [6.45, 7) is 1.80. The lowest BCUT2D eigenvalue weighted by Crippen LogP contribution is -2.07. The van der Waals surface area contributed by atoms with E-state index in [9.17, 15) is 9.59 Å². The Kier molecular flexibility index (Phi) is 6.08. The third kappa shape index (κ3) is 5.20. The van der Waals surface area contributed by atoms with Gasteiger partial charge in [0.25, 0.3) is 0 Å². The molecule has 0 radical (unpaired) electrons. The normalized spacial score (nSPS) is 10.8. The minimum absolute atomic E-state index is 0.0478. The van der Waals surface area contributed by atoms with E-state index in [-0.39, 0.29) is 12.3 Å². The van der Waals surface area contributed by atoms with E-state index >= 15 is 0 Å². The predicted molar refractivity (Wildman–Crippen MR) is 93.5 cm³/mol. The maximum Gasteiger partial charge on any atom is 0.303 e. The van der Waals surface area contributed by atoms with E-state index in [4.69, 9.17) is 9.84 Å². The molecule has 126 valence electrons. The number of rotatable bonds is 7. The lowest BCUT2D eigenvalue weighted by molar-refractivity contribution is -0.136. The SMILES string of the molecule is COc1cccc(/C=C/C(=O)Nc2nc(C)c(CCC(=O)O)s2)c1. The van der Waals surface area contributed by atoms with Gasteiger partial charge < -0.3 is 9.84 Å². The molecule has 1 heterocycles. The van der Waals surface area contributed by atoms with Crippen LogP contribution in [0.2, 0.25) is 0 Å². The quantitative estimate of drug-likeness (QED) is 0.752. The summed E-state index contributed by atoms with van der Waals surface area (Å²) in [7, 11) is 1.59. The number of nitrogens with zero attached hydrogens (tertiary/aromatic N) is 1. The molecule has 0 aliphatic heterocycles. The Labute approximate surface area is 143 Å². The summed E-state index contributed by atoms with van der Waals surface area (Å²) >= 11 is 1.30. The van der Waals surface area contributed by atoms with Crippen molar-refractivity contribution in [3.8, 4) is 5.75 Å². The molecule has 0 saturated carbocycles. The van der Waals surface area contributed by atoms with E-state index in [1.807, 2.05) is 24.3 Å². The molecule has 0 spiro atoms. The molecular weight excluding hydrogens is 328 g/mol. The van der Waals surface area contributed by atoms with Crippen LogP contribution < -0.4 is 10.1 Å². The van der Waals surface area contributed by atoms with Crippen LogP contribution >= 0.6 is 11.3 Å². The van der Waals surface area contributed by atoms with Crippen molar-refractivity contribution in [2.24, 2.45) is 0 Å². The molecule has 1 aromatic carbocycles. The van der Waals surface area contributed by atoms with Crippen LogP contribution in [0.25, 0.3) is 6.08 Å². The zero-order valence-electron chi connectivity index (χ0n) is 13.4. The second-order valence-electron chi connectivity index (χ2n) is 5.02. The van der Waals surface area contributed by atoms with Gasteiger partial charge in [-0.25, -0.2) is 4.98 Å². The summed E-state index contributed by atoms with van der Waals surface area (Å²) in [6.07, 6.45) is 3.56. The van der Waals surface area contributed by atoms with E-state index in [1.54, 1.807) is 20.1 Å². The average molecular weight is 346 g/mol. The fraction of sp³-hybridized carbons (Fsp3) is 0.235. The fourth-order valence-electron chi connectivity index (χ4n) is 2.00. The van der Waals surface area contributed by atoms with Crippen LogP contribution in [0.4, 0.5) is 5.13 Å². The molecule has 24 heavy (non-hydrogen) atoms. The number of carboxylic acids is 1. The Morgan fingerprint density at radius 2 is 2.21 bits per heavy atom. The smallest absolute Gasteiger partial charge is 0.303 e. The molecule has 2 N–H and O–H groups in total. The summed E-state index contributed by atoms with van der Waals surface area (Å²) in [4.78, 5) is 27.7. The molecule has 2 aromatic rings. The number of hydrogen-bond acceptors (Lipinski definition) is 5. The van der Waals surface area contributed by atoms with Crippen LogP contribution in [0.3, 0.4) is 0 Å². The van der Waals surface area contributed by atoms with E-state index in [0.717, 1.165) is 21.9 Å². The maximum absolute atomic E-state index is 12.0. The van der Waals surface area contributed by atoms with Gasteiger partial charge in [-0.3, -0.25) is 14.9 Å². The number of methoxy groups -OCH3 is 1. The van der Waals surface area contributed by atoms with Gasteiger partial charge in [-0.1, -0.05) is 12.1 Å². The van der Waals surface area contributed by atoms with Crippen molar-refractivity contribution in [1.29, 1.82) is 0 Å². The number of ether oxygens (including phenoxy) is 1. The molecule has 0 saturated heterocycles. The van der Waals surface area contributed by atoms with Crippen LogP contribution in [0.15, 0.2) is 30.3 Å². The highest BCUT2D eigenvalue weighted by Crippen LogP contribution is 2.24. The van der Waals surface area contributed by atoms with Crippen molar-refractivity contribution in [3.63, 3.8) is 0 Å². The summed E-state index contributed by atoms with van der Waals surface area (Å²) in [5, 5.41) is 11.9. The first kappa shape index (κ1) is 17.7. The second kappa shape index (κ2) is 8.26. The highest BCUT2D eigenvalue weighted by atomic mass is 32.1. The third-order valence-corrected chi connectivity index (χ3v) is 4.34. The topological polar surface area (TPSA) is 88.5 Å². The Morgan fingerprint density at radius 3 is 2.92 bits per heavy atom. The molecule has 0 bridgehead atoms. The summed E-state index contributed by atoms with van der Waals surface area (Å²) in [5.74, 6) is -0.429. The van der Waals surface area contributed by atoms with Gasteiger partial charge in [0.2, 0.25) is 5.91 Å². The van der Waals surface area contributed by atoms with Crippen molar-refractivity contribution in [2.45, 2.75) is 19.8 Å². The van der Waals surface area contributed by atoms with E-state index in [1.165, 1.54) is 17.4 Å². The average Bonchev–Trinajstić information content (AvgIpc) is 2.90. The minimum atomic E-state index is -0.852. The number of benzene rings is 1. The lowest BCUT2D eigenvalue weighted by Gasteiger charge is -2.00. The van der Waals surface area contributed by atoms with Gasteiger partial charge in [0.05, 0.1) is 19.2 Å². The number of aliphatic carboxylic acids is 1. The van der Waals surface area contributed by atoms with Crippen molar-refractivity contribution in [2.75, 3.05) is 12.4 Å². The fourth-order valence-corrected chi connectivity index (χ4v) is 2.96. The van der Waals surface area contributed by atoms with Crippen molar-refractivity contribution in [3.05, 3.63) is 46.5 Å². The number of aryl methyl sites for hydroxylation is 2. The number of thiazole rings is 1. The van der Waals surface area contributed by atoms with Gasteiger partial charge in [0.1, 0.15) is 5.75 Å². The van der Waals surface area contributed by atoms with Gasteiger partial charge in [-0.05, 0) is 37.1 Å². The Morgan fingerprint density at radius 1 is 1.42 bits per heavy atom. The van der Waals surface area contributed by atoms with E-state index in [2.05, 4.69) is 10.3 Å². The van der Waals surface area contributed by atoms with Crippen molar-refractivity contribution in [1.82, 2.24) is 4.98 Å². The highest BCUT2D eigenvalue weighted by Gasteiger charge is 2.10. The van der Waals surface area contributed by atoms with Gasteiger partial charge in [-0.2, -0.15) is 0 Å². The minimum Gasteiger partial charge on any atom is -0.497 e. The Balaban J connectivity index is 1.97. The largest absolute Gasteiger partial charge is 0.497 e. The molecular formula is C17H18N2O4S. The maximum atomic E-state index is 12.0. The zero-order valence-corrected chi connectivity index (χ0v) is 14.2. The molecule has 0 atom stereocenters. The summed E-state index contributed by atoms with van der Waals surface area (Å²) in [6, 6.07) is 7.36. The van der Waals surface area contributed by atoms with Gasteiger partial charge >= 0.3 is 5.97 Å². The molecule has 0 unspecified atom stereocenters. The first-order chi connectivity index (χ1) is 11.5. The van der Waals surface area contributed by atoms with E-state index < -0.39 is 5.97 Å². The van der Waals surface area contributed by atoms with Crippen LogP contribution in [0.5, 0.6) is 5.75 Å². The standard InChI is InChI=1S/C17H18N2O4S/c1-11-14(7-9-16(21)22)24-17(18-11)19-15(20)8-6-12-4-3-5-13(10-12)23-2/h3-6,8,10H,7,9H2,1-2H3,(H,21,22)(H,18,19,20)/b8-6+. The monoisotopic (exact) mass is 346 g/mol. The molecule has 1 aromatic heterocycles. The summed E-state index contributed by atoms with van der Waals surface area (Å²) < 4.78 is 5.13.